The van der Waals surface area contributed by atoms with Crippen LogP contribution in [0.2, 0.25) is 0 Å². The number of alkyl halides is 6. The number of anilines is 1. The van der Waals surface area contributed by atoms with Gasteiger partial charge in [0.25, 0.3) is 0 Å². The van der Waals surface area contributed by atoms with Gasteiger partial charge in [-0.2, -0.15) is 26.3 Å². The number of rotatable bonds is 3. The number of ether oxygens (including phenoxy) is 1. The molecule has 2 aromatic rings. The quantitative estimate of drug-likeness (QED) is 0.520. The molecule has 2 aromatic heterocycles. The van der Waals surface area contributed by atoms with Crippen LogP contribution in [0.15, 0.2) is 35.8 Å². The summed E-state index contributed by atoms with van der Waals surface area (Å²) < 4.78 is 69.6. The number of piperidine rings is 1. The molecular weight excluding hydrogens is 560 g/mol. The van der Waals surface area contributed by atoms with Crippen LogP contribution in [-0.2, 0) is 25.7 Å². The number of hydrogen-bond donors (Lipinski definition) is 2. The molecule has 0 spiro atoms. The van der Waals surface area contributed by atoms with Gasteiger partial charge in [-0.1, -0.05) is 6.07 Å². The lowest BCUT2D eigenvalue weighted by Crippen LogP contribution is -2.49. The Hall–Kier alpha value is -3.24. The molecule has 2 fully saturated rings. The van der Waals surface area contributed by atoms with Crippen molar-refractivity contribution in [1.82, 2.24) is 9.88 Å². The van der Waals surface area contributed by atoms with Gasteiger partial charge in [-0.15, -0.1) is 11.3 Å². The van der Waals surface area contributed by atoms with Crippen molar-refractivity contribution >= 4 is 34.9 Å². The van der Waals surface area contributed by atoms with Crippen molar-refractivity contribution in [1.29, 1.82) is 0 Å². The highest BCUT2D eigenvalue weighted by atomic mass is 32.1. The average molecular weight is 586 g/mol. The highest BCUT2D eigenvalue weighted by Crippen LogP contribution is 2.29. The average Bonchev–Trinajstić information content (AvgIpc) is 3.29. The number of fused-ring (bicyclic) bond motifs is 1. The number of halogens is 6. The Morgan fingerprint density at radius 1 is 1.08 bits per heavy atom. The van der Waals surface area contributed by atoms with Crippen molar-refractivity contribution in [3.63, 3.8) is 0 Å². The first-order valence-electron chi connectivity index (χ1n) is 11.3. The largest absolute Gasteiger partial charge is 0.490 e. The summed E-state index contributed by atoms with van der Waals surface area (Å²) in [5.74, 6) is -5.38. The smallest absolute Gasteiger partial charge is 0.475 e. The minimum absolute atomic E-state index is 0.00961. The van der Waals surface area contributed by atoms with E-state index in [1.807, 2.05) is 24.0 Å². The first-order valence-corrected chi connectivity index (χ1v) is 12.2. The lowest BCUT2D eigenvalue weighted by atomic mass is 9.92. The number of aryl methyl sites for hydroxylation is 1. The Morgan fingerprint density at radius 2 is 1.69 bits per heavy atom. The number of carbonyl (C=O) groups excluding carboxylic acids is 1. The standard InChI is InChI=1S/C19H23N3O2S.2C2HF3O2/c1-14-4-5-15(11-20-14)22-8-9-24-18-13-21(7-6-17(18)19(22)23)12-16-3-2-10-25-16;2*3-2(4,5)1(6)7/h2-5,10-11,17-18H,6-9,12-13H2,1H3;2*(H,6,7)/t17-,18+;;/m1../s1. The van der Waals surface area contributed by atoms with Crippen molar-refractivity contribution in [2.24, 2.45) is 5.92 Å². The molecule has 2 aliphatic rings. The van der Waals surface area contributed by atoms with E-state index in [9.17, 15) is 31.1 Å². The second-order valence-corrected chi connectivity index (χ2v) is 9.40. The second-order valence-electron chi connectivity index (χ2n) is 8.37. The summed E-state index contributed by atoms with van der Waals surface area (Å²) in [6, 6.07) is 8.19. The minimum Gasteiger partial charge on any atom is -0.475 e. The molecular formula is C23H25F6N3O6S. The Kier molecular flexibility index (Phi) is 11.2. The number of nitrogens with zero attached hydrogens (tertiary/aromatic N) is 3. The molecule has 9 nitrogen and oxygen atoms in total. The van der Waals surface area contributed by atoms with Crippen molar-refractivity contribution in [2.45, 2.75) is 38.3 Å². The predicted octanol–water partition coefficient (Wildman–Crippen LogP) is 3.97. The van der Waals surface area contributed by atoms with E-state index >= 15 is 0 Å². The van der Waals surface area contributed by atoms with Crippen LogP contribution < -0.4 is 4.90 Å². The molecule has 4 rings (SSSR count). The van der Waals surface area contributed by atoms with E-state index in [-0.39, 0.29) is 17.9 Å². The summed E-state index contributed by atoms with van der Waals surface area (Å²) in [4.78, 5) is 40.8. The fourth-order valence-corrected chi connectivity index (χ4v) is 4.43. The molecule has 2 saturated heterocycles. The van der Waals surface area contributed by atoms with Gasteiger partial charge in [0.15, 0.2) is 0 Å². The van der Waals surface area contributed by atoms with E-state index < -0.39 is 24.3 Å². The second kappa shape index (κ2) is 13.7. The fraction of sp³-hybridized carbons (Fsp3) is 0.478. The van der Waals surface area contributed by atoms with Crippen LogP contribution in [0.4, 0.5) is 32.0 Å². The molecule has 4 heterocycles. The maximum absolute atomic E-state index is 13.1. The maximum atomic E-state index is 13.1. The SMILES string of the molecule is Cc1ccc(N2CCO[C@H]3CN(Cc4cccs4)CC[C@H]3C2=O)cn1.O=C(O)C(F)(F)F.O=C(O)C(F)(F)F. The van der Waals surface area contributed by atoms with Gasteiger partial charge in [-0.25, -0.2) is 9.59 Å². The molecule has 2 aliphatic heterocycles. The van der Waals surface area contributed by atoms with Crippen molar-refractivity contribution in [3.05, 3.63) is 46.4 Å². The summed E-state index contributed by atoms with van der Waals surface area (Å²) in [5.41, 5.74) is 1.84. The van der Waals surface area contributed by atoms with Gasteiger partial charge in [0.05, 0.1) is 30.5 Å². The third-order valence-electron chi connectivity index (χ3n) is 5.53. The van der Waals surface area contributed by atoms with E-state index in [0.717, 1.165) is 37.4 Å². The molecule has 1 amide bonds. The maximum Gasteiger partial charge on any atom is 0.490 e. The normalized spacial score (nSPS) is 20.0. The molecule has 0 saturated carbocycles. The molecule has 0 bridgehead atoms. The number of thiophene rings is 1. The molecule has 39 heavy (non-hydrogen) atoms. The van der Waals surface area contributed by atoms with E-state index in [2.05, 4.69) is 27.4 Å². The number of hydrogen-bond acceptors (Lipinski definition) is 7. The Bertz CT molecular complexity index is 1070. The fourth-order valence-electron chi connectivity index (χ4n) is 3.68. The molecule has 2 atom stereocenters. The van der Waals surface area contributed by atoms with Crippen LogP contribution in [0, 0.1) is 12.8 Å². The number of carboxylic acid groups (broad SMARTS) is 2. The Balaban J connectivity index is 0.000000317. The zero-order valence-electron chi connectivity index (χ0n) is 20.4. The lowest BCUT2D eigenvalue weighted by Gasteiger charge is -2.36. The Morgan fingerprint density at radius 3 is 2.18 bits per heavy atom. The molecule has 0 radical (unpaired) electrons. The minimum atomic E-state index is -5.08. The number of carboxylic acids is 2. The van der Waals surface area contributed by atoms with Gasteiger partial charge in [0.2, 0.25) is 5.91 Å². The van der Waals surface area contributed by atoms with Crippen molar-refractivity contribution < 1.29 is 55.7 Å². The first kappa shape index (κ1) is 32.0. The molecule has 216 valence electrons. The van der Waals surface area contributed by atoms with E-state index in [1.54, 1.807) is 17.5 Å². The number of aromatic nitrogens is 1. The molecule has 16 heteroatoms. The number of carbonyl (C=O) groups is 3. The third kappa shape index (κ3) is 10.1. The lowest BCUT2D eigenvalue weighted by molar-refractivity contribution is -0.193. The summed E-state index contributed by atoms with van der Waals surface area (Å²) in [6.07, 6.45) is -7.53. The van der Waals surface area contributed by atoms with Gasteiger partial charge >= 0.3 is 24.3 Å². The summed E-state index contributed by atoms with van der Waals surface area (Å²) in [6.45, 7) is 5.85. The van der Waals surface area contributed by atoms with Crippen LogP contribution in [0.1, 0.15) is 17.0 Å². The van der Waals surface area contributed by atoms with Crippen LogP contribution in [0.5, 0.6) is 0 Å². The van der Waals surface area contributed by atoms with Gasteiger partial charge in [-0.3, -0.25) is 14.7 Å². The number of aliphatic carboxylic acids is 2. The molecule has 2 N–H and O–H groups in total. The van der Waals surface area contributed by atoms with Gasteiger partial charge in [0, 0.05) is 30.2 Å². The van der Waals surface area contributed by atoms with E-state index in [4.69, 9.17) is 24.5 Å². The molecule has 0 aromatic carbocycles. The zero-order chi connectivity index (χ0) is 29.4. The first-order chi connectivity index (χ1) is 18.1. The van der Waals surface area contributed by atoms with Crippen molar-refractivity contribution in [3.8, 4) is 0 Å². The summed E-state index contributed by atoms with van der Waals surface area (Å²) in [7, 11) is 0. The molecule has 0 aliphatic carbocycles. The van der Waals surface area contributed by atoms with E-state index in [0.29, 0.717) is 13.2 Å². The van der Waals surface area contributed by atoms with E-state index in [1.165, 1.54) is 4.88 Å². The number of likely N-dealkylation sites (tertiary alicyclic amines) is 1. The third-order valence-corrected chi connectivity index (χ3v) is 6.39. The Labute approximate surface area is 222 Å². The molecule has 0 unspecified atom stereocenters. The van der Waals surface area contributed by atoms with Gasteiger partial charge in [-0.05, 0) is 43.5 Å². The summed E-state index contributed by atoms with van der Waals surface area (Å²) in [5, 5.41) is 16.4. The van der Waals surface area contributed by atoms with Gasteiger partial charge in [0.1, 0.15) is 0 Å². The topological polar surface area (TPSA) is 120 Å². The van der Waals surface area contributed by atoms with Crippen LogP contribution in [-0.4, -0.2) is 82.6 Å². The monoisotopic (exact) mass is 585 g/mol. The number of amides is 1. The predicted molar refractivity (Wildman–Crippen MR) is 126 cm³/mol. The van der Waals surface area contributed by atoms with Crippen LogP contribution in [0.3, 0.4) is 0 Å². The zero-order valence-corrected chi connectivity index (χ0v) is 21.2. The number of pyridine rings is 1. The highest BCUT2D eigenvalue weighted by Gasteiger charge is 2.40. The van der Waals surface area contributed by atoms with Crippen LogP contribution in [0.25, 0.3) is 0 Å². The van der Waals surface area contributed by atoms with Crippen LogP contribution >= 0.6 is 11.3 Å². The van der Waals surface area contributed by atoms with Gasteiger partial charge < -0.3 is 19.8 Å². The highest BCUT2D eigenvalue weighted by molar-refractivity contribution is 7.09. The summed E-state index contributed by atoms with van der Waals surface area (Å²) >= 11 is 1.78. The van der Waals surface area contributed by atoms with Crippen molar-refractivity contribution in [2.75, 3.05) is 31.1 Å².